The largest absolute Gasteiger partial charge is 0.337 e. The maximum Gasteiger partial charge on any atom is 0.239 e. The molecule has 0 aromatic heterocycles. The molecule has 12 heavy (non-hydrogen) atoms. The van der Waals surface area contributed by atoms with Crippen LogP contribution in [0.3, 0.4) is 0 Å². The predicted octanol–water partition coefficient (Wildman–Crippen LogP) is 0.981. The quantitative estimate of drug-likeness (QED) is 0.675. The van der Waals surface area contributed by atoms with Gasteiger partial charge in [0.15, 0.2) is 0 Å². The number of rotatable bonds is 2. The Morgan fingerprint density at radius 3 is 2.00 bits per heavy atom. The number of hydrogen-bond donors (Lipinski definition) is 1. The molecule has 3 heteroatoms. The van der Waals surface area contributed by atoms with Crippen LogP contribution in [0.4, 0.5) is 0 Å². The fourth-order valence-electron chi connectivity index (χ4n) is 1.21. The molecule has 0 aromatic carbocycles. The van der Waals surface area contributed by atoms with Crippen LogP contribution < -0.4 is 5.73 Å². The summed E-state index contributed by atoms with van der Waals surface area (Å²) in [4.78, 5) is 13.3. The van der Waals surface area contributed by atoms with Crippen LogP contribution in [0.15, 0.2) is 0 Å². The molecule has 0 aliphatic heterocycles. The number of carbonyl (C=O) groups is 1. The molecule has 0 aromatic rings. The van der Waals surface area contributed by atoms with Crippen molar-refractivity contribution >= 4 is 5.91 Å². The van der Waals surface area contributed by atoms with Crippen molar-refractivity contribution in [3.8, 4) is 0 Å². The van der Waals surface area contributed by atoms with Gasteiger partial charge >= 0.3 is 0 Å². The SMILES string of the molecule is CCN(C(=O)C(C)N)C(C)(C)C. The summed E-state index contributed by atoms with van der Waals surface area (Å²) in [5.41, 5.74) is 5.39. The van der Waals surface area contributed by atoms with E-state index in [-0.39, 0.29) is 11.4 Å². The third kappa shape index (κ3) is 2.81. The molecule has 0 fully saturated rings. The molecule has 0 radical (unpaired) electrons. The van der Waals surface area contributed by atoms with Gasteiger partial charge in [0.2, 0.25) is 5.91 Å². The lowest BCUT2D eigenvalue weighted by Crippen LogP contribution is -2.51. The molecule has 1 atom stereocenters. The Hall–Kier alpha value is -0.570. The Balaban J connectivity index is 4.47. The maximum absolute atomic E-state index is 11.5. The van der Waals surface area contributed by atoms with Gasteiger partial charge < -0.3 is 10.6 Å². The van der Waals surface area contributed by atoms with Gasteiger partial charge in [-0.05, 0) is 34.6 Å². The van der Waals surface area contributed by atoms with Crippen molar-refractivity contribution in [2.75, 3.05) is 6.54 Å². The summed E-state index contributed by atoms with van der Waals surface area (Å²) in [7, 11) is 0. The highest BCUT2D eigenvalue weighted by atomic mass is 16.2. The van der Waals surface area contributed by atoms with Gasteiger partial charge in [-0.2, -0.15) is 0 Å². The smallest absolute Gasteiger partial charge is 0.239 e. The van der Waals surface area contributed by atoms with Crippen LogP contribution >= 0.6 is 0 Å². The van der Waals surface area contributed by atoms with Gasteiger partial charge in [-0.3, -0.25) is 4.79 Å². The highest BCUT2D eigenvalue weighted by Crippen LogP contribution is 2.13. The van der Waals surface area contributed by atoms with E-state index in [4.69, 9.17) is 5.73 Å². The van der Waals surface area contributed by atoms with Crippen LogP contribution in [0.25, 0.3) is 0 Å². The van der Waals surface area contributed by atoms with Crippen LogP contribution in [0.1, 0.15) is 34.6 Å². The van der Waals surface area contributed by atoms with Gasteiger partial charge in [-0.25, -0.2) is 0 Å². The van der Waals surface area contributed by atoms with E-state index < -0.39 is 6.04 Å². The first-order chi connectivity index (χ1) is 5.30. The molecular weight excluding hydrogens is 152 g/mol. The van der Waals surface area contributed by atoms with E-state index >= 15 is 0 Å². The molecule has 0 rings (SSSR count). The normalized spacial score (nSPS) is 14.2. The summed E-state index contributed by atoms with van der Waals surface area (Å²) >= 11 is 0. The minimum absolute atomic E-state index is 0.0185. The summed E-state index contributed by atoms with van der Waals surface area (Å²) in [6.45, 7) is 10.4. The molecule has 0 heterocycles. The van der Waals surface area contributed by atoms with Gasteiger partial charge in [0.25, 0.3) is 0 Å². The molecule has 72 valence electrons. The lowest BCUT2D eigenvalue weighted by molar-refractivity contribution is -0.136. The van der Waals surface area contributed by atoms with Crippen molar-refractivity contribution in [1.82, 2.24) is 4.90 Å². The maximum atomic E-state index is 11.5. The van der Waals surface area contributed by atoms with E-state index in [1.54, 1.807) is 11.8 Å². The van der Waals surface area contributed by atoms with E-state index in [9.17, 15) is 4.79 Å². The second kappa shape index (κ2) is 3.90. The second-order valence-electron chi connectivity index (χ2n) is 4.04. The predicted molar refractivity (Wildman–Crippen MR) is 50.8 cm³/mol. The molecule has 3 nitrogen and oxygen atoms in total. The molecule has 0 bridgehead atoms. The topological polar surface area (TPSA) is 46.3 Å². The van der Waals surface area contributed by atoms with Crippen molar-refractivity contribution in [2.24, 2.45) is 5.73 Å². The number of amides is 1. The van der Waals surface area contributed by atoms with E-state index in [0.717, 1.165) is 0 Å². The summed E-state index contributed by atoms with van der Waals surface area (Å²) in [5, 5.41) is 0. The van der Waals surface area contributed by atoms with Gasteiger partial charge in [0.1, 0.15) is 0 Å². The molecule has 0 aliphatic rings. The Morgan fingerprint density at radius 1 is 1.50 bits per heavy atom. The Morgan fingerprint density at radius 2 is 1.92 bits per heavy atom. The van der Waals surface area contributed by atoms with Crippen LogP contribution in [0.5, 0.6) is 0 Å². The Kier molecular flexibility index (Phi) is 3.71. The fraction of sp³-hybridized carbons (Fsp3) is 0.889. The fourth-order valence-corrected chi connectivity index (χ4v) is 1.21. The molecule has 0 saturated heterocycles. The molecular formula is C9H20N2O. The molecule has 0 saturated carbocycles. The van der Waals surface area contributed by atoms with Gasteiger partial charge in [0.05, 0.1) is 6.04 Å². The van der Waals surface area contributed by atoms with Crippen LogP contribution in [0, 0.1) is 0 Å². The van der Waals surface area contributed by atoms with Crippen LogP contribution in [-0.2, 0) is 4.79 Å². The summed E-state index contributed by atoms with van der Waals surface area (Å²) in [5.74, 6) is 0.0185. The minimum Gasteiger partial charge on any atom is -0.337 e. The van der Waals surface area contributed by atoms with Crippen molar-refractivity contribution in [2.45, 2.75) is 46.2 Å². The average Bonchev–Trinajstić information content (AvgIpc) is 1.85. The first-order valence-corrected chi connectivity index (χ1v) is 4.37. The number of carbonyl (C=O) groups excluding carboxylic acids is 1. The highest BCUT2D eigenvalue weighted by Gasteiger charge is 2.26. The lowest BCUT2D eigenvalue weighted by Gasteiger charge is -2.35. The first kappa shape index (κ1) is 11.4. The van der Waals surface area contributed by atoms with Crippen LogP contribution in [0.2, 0.25) is 0 Å². The minimum atomic E-state index is -0.399. The Bertz CT molecular complexity index is 158. The summed E-state index contributed by atoms with van der Waals surface area (Å²) in [6.07, 6.45) is 0. The number of hydrogen-bond acceptors (Lipinski definition) is 2. The third-order valence-corrected chi connectivity index (χ3v) is 1.78. The Labute approximate surface area is 74.9 Å². The monoisotopic (exact) mass is 172 g/mol. The zero-order valence-corrected chi connectivity index (χ0v) is 8.72. The lowest BCUT2D eigenvalue weighted by atomic mass is 10.1. The van der Waals surface area contributed by atoms with Crippen molar-refractivity contribution in [3.63, 3.8) is 0 Å². The van der Waals surface area contributed by atoms with Gasteiger partial charge in [-0.1, -0.05) is 0 Å². The van der Waals surface area contributed by atoms with Crippen molar-refractivity contribution < 1.29 is 4.79 Å². The molecule has 0 aliphatic carbocycles. The number of nitrogens with two attached hydrogens (primary N) is 1. The van der Waals surface area contributed by atoms with Gasteiger partial charge in [0, 0.05) is 12.1 Å². The zero-order chi connectivity index (χ0) is 9.94. The summed E-state index contributed by atoms with van der Waals surface area (Å²) in [6, 6.07) is -0.399. The number of nitrogens with zero attached hydrogens (tertiary/aromatic N) is 1. The first-order valence-electron chi connectivity index (χ1n) is 4.37. The average molecular weight is 172 g/mol. The number of likely N-dealkylation sites (N-methyl/N-ethyl adjacent to an activating group) is 1. The molecule has 0 spiro atoms. The van der Waals surface area contributed by atoms with E-state index in [1.165, 1.54) is 0 Å². The van der Waals surface area contributed by atoms with Crippen molar-refractivity contribution in [1.29, 1.82) is 0 Å². The molecule has 2 N–H and O–H groups in total. The molecule has 1 unspecified atom stereocenters. The van der Waals surface area contributed by atoms with E-state index in [0.29, 0.717) is 6.54 Å². The van der Waals surface area contributed by atoms with E-state index in [1.807, 2.05) is 27.7 Å². The summed E-state index contributed by atoms with van der Waals surface area (Å²) < 4.78 is 0. The van der Waals surface area contributed by atoms with Crippen LogP contribution in [-0.4, -0.2) is 28.9 Å². The van der Waals surface area contributed by atoms with Gasteiger partial charge in [-0.15, -0.1) is 0 Å². The van der Waals surface area contributed by atoms with E-state index in [2.05, 4.69) is 0 Å². The molecule has 1 amide bonds. The van der Waals surface area contributed by atoms with Crippen molar-refractivity contribution in [3.05, 3.63) is 0 Å². The third-order valence-electron chi connectivity index (χ3n) is 1.78. The second-order valence-corrected chi connectivity index (χ2v) is 4.04. The standard InChI is InChI=1S/C9H20N2O/c1-6-11(9(3,4)5)8(12)7(2)10/h7H,6,10H2,1-5H3. The zero-order valence-electron chi connectivity index (χ0n) is 8.72. The highest BCUT2D eigenvalue weighted by molar-refractivity contribution is 5.81.